The SMILES string of the molecule is COc1ccc(CNCC(C)CO)c(O)c1. The molecule has 0 aromatic heterocycles. The lowest BCUT2D eigenvalue weighted by Gasteiger charge is -2.11. The molecule has 4 nitrogen and oxygen atoms in total. The first-order valence-electron chi connectivity index (χ1n) is 5.34. The molecule has 4 heteroatoms. The maximum Gasteiger partial charge on any atom is 0.123 e. The lowest BCUT2D eigenvalue weighted by molar-refractivity contribution is 0.233. The van der Waals surface area contributed by atoms with Crippen LogP contribution in [0.4, 0.5) is 0 Å². The second-order valence-corrected chi connectivity index (χ2v) is 3.91. The minimum absolute atomic E-state index is 0.168. The van der Waals surface area contributed by atoms with Crippen molar-refractivity contribution in [3.8, 4) is 11.5 Å². The molecule has 0 aliphatic heterocycles. The quantitative estimate of drug-likeness (QED) is 0.679. The predicted octanol–water partition coefficient (Wildman–Crippen LogP) is 1.12. The van der Waals surface area contributed by atoms with Crippen LogP contribution in [0.3, 0.4) is 0 Å². The number of rotatable bonds is 6. The highest BCUT2D eigenvalue weighted by Gasteiger charge is 2.04. The molecule has 1 unspecified atom stereocenters. The fraction of sp³-hybridized carbons (Fsp3) is 0.500. The molecular formula is C12H19NO3. The Bertz CT molecular complexity index is 328. The molecule has 16 heavy (non-hydrogen) atoms. The van der Waals surface area contributed by atoms with Gasteiger partial charge in [-0.3, -0.25) is 0 Å². The highest BCUT2D eigenvalue weighted by Crippen LogP contribution is 2.22. The summed E-state index contributed by atoms with van der Waals surface area (Å²) in [6.07, 6.45) is 0. The number of hydrogen-bond acceptors (Lipinski definition) is 4. The van der Waals surface area contributed by atoms with Gasteiger partial charge in [-0.25, -0.2) is 0 Å². The third-order valence-electron chi connectivity index (χ3n) is 2.41. The van der Waals surface area contributed by atoms with E-state index in [1.807, 2.05) is 19.1 Å². The Morgan fingerprint density at radius 1 is 1.44 bits per heavy atom. The first-order chi connectivity index (χ1) is 7.67. The van der Waals surface area contributed by atoms with Crippen molar-refractivity contribution in [3.63, 3.8) is 0 Å². The molecular weight excluding hydrogens is 206 g/mol. The van der Waals surface area contributed by atoms with Crippen LogP contribution in [-0.2, 0) is 6.54 Å². The van der Waals surface area contributed by atoms with Gasteiger partial charge in [-0.1, -0.05) is 13.0 Å². The van der Waals surface area contributed by atoms with Crippen molar-refractivity contribution >= 4 is 0 Å². The van der Waals surface area contributed by atoms with E-state index in [0.717, 1.165) is 12.1 Å². The number of aromatic hydroxyl groups is 1. The minimum Gasteiger partial charge on any atom is -0.507 e. The van der Waals surface area contributed by atoms with Crippen LogP contribution >= 0.6 is 0 Å². The summed E-state index contributed by atoms with van der Waals surface area (Å²) in [7, 11) is 1.57. The van der Waals surface area contributed by atoms with Crippen LogP contribution in [0.25, 0.3) is 0 Å². The number of nitrogens with one attached hydrogen (secondary N) is 1. The van der Waals surface area contributed by atoms with Gasteiger partial charge in [0.2, 0.25) is 0 Å². The number of ether oxygens (including phenoxy) is 1. The van der Waals surface area contributed by atoms with Crippen LogP contribution in [0, 0.1) is 5.92 Å². The Labute approximate surface area is 95.9 Å². The fourth-order valence-corrected chi connectivity index (χ4v) is 1.34. The zero-order chi connectivity index (χ0) is 12.0. The molecule has 90 valence electrons. The van der Waals surface area contributed by atoms with Crippen molar-refractivity contribution in [2.24, 2.45) is 5.92 Å². The third-order valence-corrected chi connectivity index (χ3v) is 2.41. The number of benzene rings is 1. The zero-order valence-electron chi connectivity index (χ0n) is 9.73. The van der Waals surface area contributed by atoms with Gasteiger partial charge >= 0.3 is 0 Å². The second-order valence-electron chi connectivity index (χ2n) is 3.91. The largest absolute Gasteiger partial charge is 0.507 e. The average Bonchev–Trinajstić information content (AvgIpc) is 2.30. The Kier molecular flexibility index (Phi) is 5.08. The van der Waals surface area contributed by atoms with Crippen molar-refractivity contribution in [2.75, 3.05) is 20.3 Å². The number of methoxy groups -OCH3 is 1. The van der Waals surface area contributed by atoms with E-state index < -0.39 is 0 Å². The molecule has 1 aromatic carbocycles. The molecule has 0 saturated heterocycles. The van der Waals surface area contributed by atoms with Crippen molar-refractivity contribution in [3.05, 3.63) is 23.8 Å². The van der Waals surface area contributed by atoms with Crippen LogP contribution in [-0.4, -0.2) is 30.5 Å². The van der Waals surface area contributed by atoms with E-state index in [1.165, 1.54) is 0 Å². The number of phenols is 1. The molecule has 3 N–H and O–H groups in total. The molecule has 0 radical (unpaired) electrons. The number of aliphatic hydroxyl groups is 1. The number of aliphatic hydroxyl groups excluding tert-OH is 1. The maximum absolute atomic E-state index is 9.68. The van der Waals surface area contributed by atoms with E-state index in [9.17, 15) is 5.11 Å². The molecule has 1 atom stereocenters. The van der Waals surface area contributed by atoms with Gasteiger partial charge in [0.25, 0.3) is 0 Å². The molecule has 0 bridgehead atoms. The van der Waals surface area contributed by atoms with E-state index in [1.54, 1.807) is 13.2 Å². The summed E-state index contributed by atoms with van der Waals surface area (Å²) in [5.74, 6) is 1.09. The van der Waals surface area contributed by atoms with Gasteiger partial charge in [0.05, 0.1) is 7.11 Å². The van der Waals surface area contributed by atoms with Crippen LogP contribution in [0.1, 0.15) is 12.5 Å². The van der Waals surface area contributed by atoms with Crippen LogP contribution in [0.5, 0.6) is 11.5 Å². The van der Waals surface area contributed by atoms with Crippen LogP contribution < -0.4 is 10.1 Å². The molecule has 0 spiro atoms. The monoisotopic (exact) mass is 225 g/mol. The van der Waals surface area contributed by atoms with Gasteiger partial charge in [0.1, 0.15) is 11.5 Å². The van der Waals surface area contributed by atoms with Gasteiger partial charge in [0, 0.05) is 31.3 Å². The highest BCUT2D eigenvalue weighted by molar-refractivity contribution is 5.39. The Hall–Kier alpha value is -1.26. The second kappa shape index (κ2) is 6.35. The minimum atomic E-state index is 0.168. The average molecular weight is 225 g/mol. The van der Waals surface area contributed by atoms with Crippen LogP contribution in [0.15, 0.2) is 18.2 Å². The van der Waals surface area contributed by atoms with Crippen molar-refractivity contribution in [1.29, 1.82) is 0 Å². The zero-order valence-corrected chi connectivity index (χ0v) is 9.73. The normalized spacial score (nSPS) is 12.4. The summed E-state index contributed by atoms with van der Waals surface area (Å²) >= 11 is 0. The standard InChI is InChI=1S/C12H19NO3/c1-9(8-14)6-13-7-10-3-4-11(16-2)5-12(10)15/h3-5,9,13-15H,6-8H2,1-2H3. The third kappa shape index (κ3) is 3.72. The summed E-state index contributed by atoms with van der Waals surface area (Å²) in [6.45, 7) is 3.44. The van der Waals surface area contributed by atoms with Gasteiger partial charge < -0.3 is 20.3 Å². The molecule has 0 aliphatic carbocycles. The summed E-state index contributed by atoms with van der Waals surface area (Å²) < 4.78 is 5.00. The Balaban J connectivity index is 2.48. The Morgan fingerprint density at radius 3 is 2.75 bits per heavy atom. The van der Waals surface area contributed by atoms with Gasteiger partial charge in [-0.2, -0.15) is 0 Å². The lowest BCUT2D eigenvalue weighted by Crippen LogP contribution is -2.22. The molecule has 0 fully saturated rings. The lowest BCUT2D eigenvalue weighted by atomic mass is 10.1. The molecule has 0 amide bonds. The topological polar surface area (TPSA) is 61.7 Å². The first-order valence-corrected chi connectivity index (χ1v) is 5.34. The number of phenolic OH excluding ortho intramolecular Hbond substituents is 1. The molecule has 0 aliphatic rings. The van der Waals surface area contributed by atoms with Crippen LogP contribution in [0.2, 0.25) is 0 Å². The van der Waals surface area contributed by atoms with Gasteiger partial charge in [-0.15, -0.1) is 0 Å². The summed E-state index contributed by atoms with van der Waals surface area (Å²) in [4.78, 5) is 0. The highest BCUT2D eigenvalue weighted by atomic mass is 16.5. The summed E-state index contributed by atoms with van der Waals surface area (Å²) in [6, 6.07) is 5.23. The van der Waals surface area contributed by atoms with Gasteiger partial charge in [0.15, 0.2) is 0 Å². The predicted molar refractivity (Wildman–Crippen MR) is 62.6 cm³/mol. The number of hydrogen-bond donors (Lipinski definition) is 3. The van der Waals surface area contributed by atoms with Crippen molar-refractivity contribution < 1.29 is 14.9 Å². The fourth-order valence-electron chi connectivity index (χ4n) is 1.34. The molecule has 1 rings (SSSR count). The van der Waals surface area contributed by atoms with Crippen molar-refractivity contribution in [2.45, 2.75) is 13.5 Å². The Morgan fingerprint density at radius 2 is 2.19 bits per heavy atom. The van der Waals surface area contributed by atoms with E-state index >= 15 is 0 Å². The molecule has 1 aromatic rings. The van der Waals surface area contributed by atoms with E-state index in [2.05, 4.69) is 5.32 Å². The van der Waals surface area contributed by atoms with E-state index in [-0.39, 0.29) is 18.3 Å². The summed E-state index contributed by atoms with van der Waals surface area (Å²) in [5.41, 5.74) is 0.825. The molecule has 0 saturated carbocycles. The van der Waals surface area contributed by atoms with E-state index in [4.69, 9.17) is 9.84 Å². The first kappa shape index (κ1) is 12.8. The van der Waals surface area contributed by atoms with Gasteiger partial charge in [-0.05, 0) is 12.0 Å². The van der Waals surface area contributed by atoms with E-state index in [0.29, 0.717) is 12.3 Å². The molecule has 0 heterocycles. The summed E-state index contributed by atoms with van der Waals surface area (Å²) in [5, 5.41) is 21.7. The smallest absolute Gasteiger partial charge is 0.123 e. The maximum atomic E-state index is 9.68. The van der Waals surface area contributed by atoms with Crippen molar-refractivity contribution in [1.82, 2.24) is 5.32 Å².